The minimum atomic E-state index is -0.277. The third kappa shape index (κ3) is 2.62. The maximum absolute atomic E-state index is 12.5. The number of H-pyrrole nitrogens is 1. The first-order valence-electron chi connectivity index (χ1n) is 7.11. The van der Waals surface area contributed by atoms with Crippen LogP contribution in [0.4, 0.5) is 5.69 Å². The average Bonchev–Trinajstić information content (AvgIpc) is 2.91. The van der Waals surface area contributed by atoms with E-state index in [-0.39, 0.29) is 5.91 Å². The van der Waals surface area contributed by atoms with Gasteiger partial charge in [0.1, 0.15) is 17.5 Å². The van der Waals surface area contributed by atoms with E-state index in [9.17, 15) is 4.79 Å². The van der Waals surface area contributed by atoms with Crippen molar-refractivity contribution in [2.45, 2.75) is 6.92 Å². The number of rotatable bonds is 3. The standard InChI is InChI=1S/C18H15N3O2/c1-11-14-8-7-13(23-2)9-16(14)20-17(11)18(22)21-15-6-4-3-5-12(15)10-19/h3-9,20H,1-2H3,(H,21,22). The van der Waals surface area contributed by atoms with Gasteiger partial charge < -0.3 is 15.0 Å². The number of carbonyl (C=O) groups excluding carboxylic acids is 1. The molecule has 0 fully saturated rings. The number of fused-ring (bicyclic) bond motifs is 1. The topological polar surface area (TPSA) is 77.9 Å². The molecule has 5 nitrogen and oxygen atoms in total. The molecule has 1 aromatic heterocycles. The SMILES string of the molecule is COc1ccc2c(C)c(C(=O)Nc3ccccc3C#N)[nH]c2c1. The van der Waals surface area contributed by atoms with E-state index in [1.807, 2.05) is 25.1 Å². The molecule has 0 radical (unpaired) electrons. The molecule has 3 aromatic rings. The zero-order valence-corrected chi connectivity index (χ0v) is 12.8. The van der Waals surface area contributed by atoms with Crippen LogP contribution in [0.3, 0.4) is 0 Å². The van der Waals surface area contributed by atoms with E-state index in [1.54, 1.807) is 31.4 Å². The number of benzene rings is 2. The lowest BCUT2D eigenvalue weighted by Crippen LogP contribution is -2.14. The van der Waals surface area contributed by atoms with Crippen LogP contribution < -0.4 is 10.1 Å². The van der Waals surface area contributed by atoms with Gasteiger partial charge in [-0.15, -0.1) is 0 Å². The number of aryl methyl sites for hydroxylation is 1. The lowest BCUT2D eigenvalue weighted by atomic mass is 10.1. The van der Waals surface area contributed by atoms with Crippen molar-refractivity contribution in [1.29, 1.82) is 5.26 Å². The van der Waals surface area contributed by atoms with Gasteiger partial charge in [0.05, 0.1) is 18.4 Å². The normalized spacial score (nSPS) is 10.3. The molecule has 0 aliphatic heterocycles. The number of aromatic nitrogens is 1. The largest absolute Gasteiger partial charge is 0.497 e. The summed E-state index contributed by atoms with van der Waals surface area (Å²) in [6.45, 7) is 1.89. The first kappa shape index (κ1) is 14.7. The molecule has 0 saturated carbocycles. The third-order valence-corrected chi connectivity index (χ3v) is 3.79. The summed E-state index contributed by atoms with van der Waals surface area (Å²) in [7, 11) is 1.60. The number of carbonyl (C=O) groups is 1. The number of nitriles is 1. The van der Waals surface area contributed by atoms with E-state index in [0.717, 1.165) is 22.2 Å². The lowest BCUT2D eigenvalue weighted by molar-refractivity contribution is 0.102. The van der Waals surface area contributed by atoms with Gasteiger partial charge >= 0.3 is 0 Å². The Morgan fingerprint density at radius 3 is 2.78 bits per heavy atom. The van der Waals surface area contributed by atoms with Gasteiger partial charge in [-0.1, -0.05) is 12.1 Å². The van der Waals surface area contributed by atoms with Gasteiger partial charge in [0.2, 0.25) is 0 Å². The summed E-state index contributed by atoms with van der Waals surface area (Å²) < 4.78 is 5.20. The molecule has 3 rings (SSSR count). The zero-order chi connectivity index (χ0) is 16.4. The van der Waals surface area contributed by atoms with Gasteiger partial charge in [-0.25, -0.2) is 0 Å². The second-order valence-corrected chi connectivity index (χ2v) is 5.15. The molecule has 1 heterocycles. The van der Waals surface area contributed by atoms with Crippen LogP contribution in [0.15, 0.2) is 42.5 Å². The number of methoxy groups -OCH3 is 1. The van der Waals surface area contributed by atoms with Crippen molar-refractivity contribution in [2.75, 3.05) is 12.4 Å². The summed E-state index contributed by atoms with van der Waals surface area (Å²) in [6.07, 6.45) is 0. The lowest BCUT2D eigenvalue weighted by Gasteiger charge is -2.06. The number of nitrogens with one attached hydrogen (secondary N) is 2. The van der Waals surface area contributed by atoms with Crippen LogP contribution >= 0.6 is 0 Å². The number of hydrogen-bond donors (Lipinski definition) is 2. The quantitative estimate of drug-likeness (QED) is 0.776. The number of aromatic amines is 1. The van der Waals surface area contributed by atoms with Crippen LogP contribution in [0.2, 0.25) is 0 Å². The van der Waals surface area contributed by atoms with Crippen LogP contribution in [0.5, 0.6) is 5.75 Å². The van der Waals surface area contributed by atoms with E-state index in [2.05, 4.69) is 16.4 Å². The van der Waals surface area contributed by atoms with E-state index in [0.29, 0.717) is 16.9 Å². The average molecular weight is 305 g/mol. The number of hydrogen-bond acceptors (Lipinski definition) is 3. The van der Waals surface area contributed by atoms with Gasteiger partial charge in [0.25, 0.3) is 5.91 Å². The van der Waals surface area contributed by atoms with Crippen molar-refractivity contribution in [3.8, 4) is 11.8 Å². The number of nitrogens with zero attached hydrogens (tertiary/aromatic N) is 1. The summed E-state index contributed by atoms with van der Waals surface area (Å²) >= 11 is 0. The molecular weight excluding hydrogens is 290 g/mol. The predicted octanol–water partition coefficient (Wildman–Crippen LogP) is 3.61. The van der Waals surface area contributed by atoms with E-state index >= 15 is 0 Å². The first-order chi connectivity index (χ1) is 11.1. The second kappa shape index (κ2) is 5.85. The fourth-order valence-corrected chi connectivity index (χ4v) is 2.55. The van der Waals surface area contributed by atoms with Crippen molar-refractivity contribution >= 4 is 22.5 Å². The molecule has 0 saturated heterocycles. The van der Waals surface area contributed by atoms with Gasteiger partial charge in [-0.2, -0.15) is 5.26 Å². The van der Waals surface area contributed by atoms with E-state index in [4.69, 9.17) is 10.00 Å². The summed E-state index contributed by atoms with van der Waals surface area (Å²) in [5, 5.41) is 12.9. The van der Waals surface area contributed by atoms with Gasteiger partial charge in [0.15, 0.2) is 0 Å². The van der Waals surface area contributed by atoms with Crippen LogP contribution in [0.25, 0.3) is 10.9 Å². The van der Waals surface area contributed by atoms with Crippen LogP contribution in [-0.4, -0.2) is 18.0 Å². The summed E-state index contributed by atoms with van der Waals surface area (Å²) in [4.78, 5) is 15.7. The highest BCUT2D eigenvalue weighted by Crippen LogP contribution is 2.26. The molecule has 0 atom stereocenters. The molecule has 114 valence electrons. The summed E-state index contributed by atoms with van der Waals surface area (Å²) in [6, 6.07) is 14.6. The smallest absolute Gasteiger partial charge is 0.272 e. The number of para-hydroxylation sites is 1. The molecule has 5 heteroatoms. The summed E-state index contributed by atoms with van der Waals surface area (Å²) in [5.74, 6) is 0.445. The fourth-order valence-electron chi connectivity index (χ4n) is 2.55. The molecule has 0 unspecified atom stereocenters. The molecule has 0 aliphatic rings. The maximum atomic E-state index is 12.5. The minimum Gasteiger partial charge on any atom is -0.497 e. The molecule has 1 amide bonds. The van der Waals surface area contributed by atoms with E-state index < -0.39 is 0 Å². The Morgan fingerprint density at radius 2 is 2.04 bits per heavy atom. The Kier molecular flexibility index (Phi) is 3.73. The highest BCUT2D eigenvalue weighted by Gasteiger charge is 2.16. The van der Waals surface area contributed by atoms with Crippen molar-refractivity contribution < 1.29 is 9.53 Å². The van der Waals surface area contributed by atoms with Gasteiger partial charge in [-0.05, 0) is 36.8 Å². The zero-order valence-electron chi connectivity index (χ0n) is 12.8. The monoisotopic (exact) mass is 305 g/mol. The van der Waals surface area contributed by atoms with Crippen molar-refractivity contribution in [1.82, 2.24) is 4.98 Å². The fraction of sp³-hybridized carbons (Fsp3) is 0.111. The van der Waals surface area contributed by atoms with Crippen molar-refractivity contribution in [2.24, 2.45) is 0 Å². The first-order valence-corrected chi connectivity index (χ1v) is 7.11. The highest BCUT2D eigenvalue weighted by molar-refractivity contribution is 6.08. The van der Waals surface area contributed by atoms with E-state index in [1.165, 1.54) is 0 Å². The van der Waals surface area contributed by atoms with Crippen LogP contribution in [-0.2, 0) is 0 Å². The molecule has 0 bridgehead atoms. The minimum absolute atomic E-state index is 0.277. The second-order valence-electron chi connectivity index (χ2n) is 5.15. The Hall–Kier alpha value is -3.26. The molecule has 0 spiro atoms. The molecule has 23 heavy (non-hydrogen) atoms. The predicted molar refractivity (Wildman–Crippen MR) is 88.7 cm³/mol. The van der Waals surface area contributed by atoms with Crippen LogP contribution in [0, 0.1) is 18.3 Å². The Bertz CT molecular complexity index is 935. The Morgan fingerprint density at radius 1 is 1.26 bits per heavy atom. The number of ether oxygens (including phenoxy) is 1. The molecule has 2 aromatic carbocycles. The highest BCUT2D eigenvalue weighted by atomic mass is 16.5. The molecule has 0 aliphatic carbocycles. The van der Waals surface area contributed by atoms with Crippen molar-refractivity contribution in [3.05, 3.63) is 59.3 Å². The Balaban J connectivity index is 1.98. The molecular formula is C18H15N3O2. The Labute approximate surface area is 133 Å². The third-order valence-electron chi connectivity index (χ3n) is 3.79. The maximum Gasteiger partial charge on any atom is 0.272 e. The van der Waals surface area contributed by atoms with Gasteiger partial charge in [-0.3, -0.25) is 4.79 Å². The summed E-state index contributed by atoms with van der Waals surface area (Å²) in [5.41, 5.74) is 3.09. The number of amides is 1. The van der Waals surface area contributed by atoms with Gasteiger partial charge in [0, 0.05) is 17.0 Å². The number of anilines is 1. The molecule has 2 N–H and O–H groups in total. The van der Waals surface area contributed by atoms with Crippen LogP contribution in [0.1, 0.15) is 21.6 Å². The van der Waals surface area contributed by atoms with Crippen molar-refractivity contribution in [3.63, 3.8) is 0 Å².